The van der Waals surface area contributed by atoms with E-state index in [9.17, 15) is 4.79 Å². The maximum absolute atomic E-state index is 11.9. The van der Waals surface area contributed by atoms with Crippen molar-refractivity contribution < 1.29 is 4.79 Å². The molecule has 0 spiro atoms. The molecule has 0 aliphatic carbocycles. The fourth-order valence-electron chi connectivity index (χ4n) is 2.58. The molecule has 1 aliphatic rings. The molecule has 1 aliphatic heterocycles. The molecule has 1 amide bonds. The van der Waals surface area contributed by atoms with Crippen molar-refractivity contribution in [3.8, 4) is 11.4 Å². The first kappa shape index (κ1) is 16.5. The number of aromatic amines is 1. The number of carbonyl (C=O) groups excluding carboxylic acids is 1. The first-order valence-electron chi connectivity index (χ1n) is 7.27. The van der Waals surface area contributed by atoms with Crippen molar-refractivity contribution in [1.82, 2.24) is 20.5 Å². The number of aromatic nitrogens is 3. The predicted octanol–water partition coefficient (Wildman–Crippen LogP) is 2.22. The fourth-order valence-corrected chi connectivity index (χ4v) is 2.58. The highest BCUT2D eigenvalue weighted by atomic mass is 35.5. The van der Waals surface area contributed by atoms with Gasteiger partial charge in [0.05, 0.1) is 0 Å². The van der Waals surface area contributed by atoms with E-state index < -0.39 is 0 Å². The number of anilines is 1. The minimum atomic E-state index is 0. The lowest BCUT2D eigenvalue weighted by Gasteiger charge is -2.09. The number of amides is 1. The molecule has 0 saturated carbocycles. The van der Waals surface area contributed by atoms with Crippen molar-refractivity contribution in [2.75, 3.05) is 18.4 Å². The number of halogens is 1. The molecule has 22 heavy (non-hydrogen) atoms. The first-order valence-corrected chi connectivity index (χ1v) is 7.27. The van der Waals surface area contributed by atoms with Crippen molar-refractivity contribution in [2.24, 2.45) is 5.92 Å². The maximum Gasteiger partial charge on any atom is 0.224 e. The standard InChI is InChI=1S/C15H19N5O.ClH/c21-14(6-1-11-7-8-16-9-11)19-13-4-2-12(3-5-13)15-17-10-18-20-15;/h2-5,10-11,16H,1,6-9H2,(H,19,21)(H,17,18,20);1H. The molecule has 6 nitrogen and oxygen atoms in total. The molecular weight excluding hydrogens is 302 g/mol. The number of carbonyl (C=O) groups is 1. The number of hydrogen-bond acceptors (Lipinski definition) is 4. The molecule has 3 N–H and O–H groups in total. The van der Waals surface area contributed by atoms with Gasteiger partial charge in [-0.1, -0.05) is 0 Å². The van der Waals surface area contributed by atoms with E-state index in [0.717, 1.165) is 36.6 Å². The van der Waals surface area contributed by atoms with Gasteiger partial charge in [-0.2, -0.15) is 5.10 Å². The average Bonchev–Trinajstić information content (AvgIpc) is 3.19. The summed E-state index contributed by atoms with van der Waals surface area (Å²) < 4.78 is 0. The maximum atomic E-state index is 11.9. The van der Waals surface area contributed by atoms with Crippen molar-refractivity contribution in [1.29, 1.82) is 0 Å². The van der Waals surface area contributed by atoms with Crippen LogP contribution in [0.3, 0.4) is 0 Å². The van der Waals surface area contributed by atoms with E-state index in [1.807, 2.05) is 24.3 Å². The van der Waals surface area contributed by atoms with Gasteiger partial charge < -0.3 is 10.6 Å². The van der Waals surface area contributed by atoms with Crippen LogP contribution in [-0.2, 0) is 4.79 Å². The Kier molecular flexibility index (Phi) is 5.91. The number of hydrogen-bond donors (Lipinski definition) is 3. The van der Waals surface area contributed by atoms with Gasteiger partial charge in [-0.3, -0.25) is 9.89 Å². The van der Waals surface area contributed by atoms with Gasteiger partial charge in [0.15, 0.2) is 5.82 Å². The van der Waals surface area contributed by atoms with Crippen LogP contribution in [0.15, 0.2) is 30.6 Å². The van der Waals surface area contributed by atoms with Gasteiger partial charge in [0.2, 0.25) is 5.91 Å². The molecule has 2 heterocycles. The van der Waals surface area contributed by atoms with Crippen LogP contribution in [-0.4, -0.2) is 34.2 Å². The third kappa shape index (κ3) is 4.29. The van der Waals surface area contributed by atoms with Crippen LogP contribution in [0.25, 0.3) is 11.4 Å². The third-order valence-electron chi connectivity index (χ3n) is 3.80. The largest absolute Gasteiger partial charge is 0.326 e. The topological polar surface area (TPSA) is 82.7 Å². The highest BCUT2D eigenvalue weighted by Gasteiger charge is 2.15. The molecule has 0 radical (unpaired) electrons. The average molecular weight is 322 g/mol. The highest BCUT2D eigenvalue weighted by molar-refractivity contribution is 5.90. The SMILES string of the molecule is Cl.O=C(CCC1CCNC1)Nc1ccc(-c2ncn[nH]2)cc1. The lowest BCUT2D eigenvalue weighted by atomic mass is 10.0. The van der Waals surface area contributed by atoms with E-state index in [1.165, 1.54) is 12.7 Å². The second-order valence-electron chi connectivity index (χ2n) is 5.36. The zero-order valence-corrected chi connectivity index (χ0v) is 13.0. The summed E-state index contributed by atoms with van der Waals surface area (Å²) in [6.45, 7) is 2.12. The van der Waals surface area contributed by atoms with Crippen molar-refractivity contribution in [3.63, 3.8) is 0 Å². The fraction of sp³-hybridized carbons (Fsp3) is 0.400. The molecule has 0 bridgehead atoms. The van der Waals surface area contributed by atoms with Crippen LogP contribution < -0.4 is 10.6 Å². The van der Waals surface area contributed by atoms with Crippen molar-refractivity contribution >= 4 is 24.0 Å². The molecule has 3 rings (SSSR count). The molecule has 1 fully saturated rings. The molecule has 1 unspecified atom stereocenters. The minimum absolute atomic E-state index is 0. The van der Waals surface area contributed by atoms with Gasteiger partial charge in [-0.25, -0.2) is 4.98 Å². The number of benzene rings is 1. The Bertz CT molecular complexity index is 578. The number of nitrogens with zero attached hydrogens (tertiary/aromatic N) is 2. The zero-order valence-electron chi connectivity index (χ0n) is 12.2. The molecule has 118 valence electrons. The molecule has 1 saturated heterocycles. The van der Waals surface area contributed by atoms with Gasteiger partial charge >= 0.3 is 0 Å². The Labute approximate surface area is 135 Å². The summed E-state index contributed by atoms with van der Waals surface area (Å²) in [6.07, 6.45) is 4.19. The van der Waals surface area contributed by atoms with Gasteiger partial charge in [-0.15, -0.1) is 12.4 Å². The van der Waals surface area contributed by atoms with Gasteiger partial charge in [-0.05, 0) is 56.1 Å². The van der Waals surface area contributed by atoms with E-state index in [1.54, 1.807) is 0 Å². The molecule has 1 aromatic carbocycles. The predicted molar refractivity (Wildman–Crippen MR) is 87.9 cm³/mol. The zero-order chi connectivity index (χ0) is 14.5. The number of nitrogens with one attached hydrogen (secondary N) is 3. The summed E-state index contributed by atoms with van der Waals surface area (Å²) >= 11 is 0. The van der Waals surface area contributed by atoms with E-state index >= 15 is 0 Å². The first-order chi connectivity index (χ1) is 10.3. The minimum Gasteiger partial charge on any atom is -0.326 e. The van der Waals surface area contributed by atoms with Crippen LogP contribution in [0.5, 0.6) is 0 Å². The summed E-state index contributed by atoms with van der Waals surface area (Å²) in [5.41, 5.74) is 1.76. The summed E-state index contributed by atoms with van der Waals surface area (Å²) in [4.78, 5) is 16.0. The third-order valence-corrected chi connectivity index (χ3v) is 3.80. The number of H-pyrrole nitrogens is 1. The highest BCUT2D eigenvalue weighted by Crippen LogP contribution is 2.18. The molecule has 1 aromatic heterocycles. The lowest BCUT2D eigenvalue weighted by molar-refractivity contribution is -0.116. The summed E-state index contributed by atoms with van der Waals surface area (Å²) in [5.74, 6) is 1.44. The Hall–Kier alpha value is -1.92. The monoisotopic (exact) mass is 321 g/mol. The van der Waals surface area contributed by atoms with Gasteiger partial charge in [0, 0.05) is 17.7 Å². The molecule has 1 atom stereocenters. The quantitative estimate of drug-likeness (QED) is 0.788. The summed E-state index contributed by atoms with van der Waals surface area (Å²) in [6, 6.07) is 7.59. The summed E-state index contributed by atoms with van der Waals surface area (Å²) in [7, 11) is 0. The second kappa shape index (κ2) is 7.91. The van der Waals surface area contributed by atoms with Crippen molar-refractivity contribution in [3.05, 3.63) is 30.6 Å². The number of rotatable bonds is 5. The molecular formula is C15H20ClN5O. The van der Waals surface area contributed by atoms with Crippen LogP contribution in [0.1, 0.15) is 19.3 Å². The smallest absolute Gasteiger partial charge is 0.224 e. The van der Waals surface area contributed by atoms with Crippen LogP contribution in [0, 0.1) is 5.92 Å². The molecule has 7 heteroatoms. The van der Waals surface area contributed by atoms with Crippen LogP contribution >= 0.6 is 12.4 Å². The Morgan fingerprint density at radius 2 is 2.14 bits per heavy atom. The normalized spacial score (nSPS) is 17.0. The Morgan fingerprint density at radius 1 is 1.32 bits per heavy atom. The Morgan fingerprint density at radius 3 is 2.77 bits per heavy atom. The van der Waals surface area contributed by atoms with E-state index in [2.05, 4.69) is 25.8 Å². The lowest BCUT2D eigenvalue weighted by Crippen LogP contribution is -2.14. The second-order valence-corrected chi connectivity index (χ2v) is 5.36. The van der Waals surface area contributed by atoms with E-state index in [4.69, 9.17) is 0 Å². The van der Waals surface area contributed by atoms with Gasteiger partial charge in [0.1, 0.15) is 6.33 Å². The Balaban J connectivity index is 0.00000176. The van der Waals surface area contributed by atoms with E-state index in [-0.39, 0.29) is 18.3 Å². The molecule has 2 aromatic rings. The van der Waals surface area contributed by atoms with Crippen LogP contribution in [0.2, 0.25) is 0 Å². The van der Waals surface area contributed by atoms with E-state index in [0.29, 0.717) is 12.3 Å². The van der Waals surface area contributed by atoms with Crippen molar-refractivity contribution in [2.45, 2.75) is 19.3 Å². The summed E-state index contributed by atoms with van der Waals surface area (Å²) in [5, 5.41) is 12.9. The van der Waals surface area contributed by atoms with Crippen LogP contribution in [0.4, 0.5) is 5.69 Å². The van der Waals surface area contributed by atoms with Gasteiger partial charge in [0.25, 0.3) is 0 Å².